The van der Waals surface area contributed by atoms with Crippen LogP contribution in [0.4, 0.5) is 0 Å². The number of halogens is 1. The van der Waals surface area contributed by atoms with E-state index in [0.29, 0.717) is 16.7 Å². The topological polar surface area (TPSA) is 37.8 Å². The Bertz CT molecular complexity index is 827. The van der Waals surface area contributed by atoms with Gasteiger partial charge in [-0.05, 0) is 51.7 Å². The van der Waals surface area contributed by atoms with Gasteiger partial charge < -0.3 is 4.98 Å². The van der Waals surface area contributed by atoms with Crippen LogP contribution in [0.2, 0.25) is 0 Å². The van der Waals surface area contributed by atoms with Gasteiger partial charge in [-0.3, -0.25) is 9.36 Å². The molecule has 0 aromatic carbocycles. The third-order valence-corrected chi connectivity index (χ3v) is 5.31. The minimum atomic E-state index is -0.0282. The summed E-state index contributed by atoms with van der Waals surface area (Å²) in [7, 11) is 0. The van der Waals surface area contributed by atoms with Crippen molar-refractivity contribution in [1.82, 2.24) is 9.55 Å². The zero-order chi connectivity index (χ0) is 12.7. The minimum absolute atomic E-state index is 0.0282. The highest BCUT2D eigenvalue weighted by Gasteiger charge is 2.08. The second-order valence-corrected chi connectivity index (χ2v) is 7.54. The predicted molar refractivity (Wildman–Crippen MR) is 82.4 cm³/mol. The molecule has 0 atom stereocenters. The maximum Gasteiger partial charge on any atom is 0.263 e. The SMILES string of the molecule is O=c1c2ccsc2[nH]c(=S)n1Cc1ccc(Br)s1. The first kappa shape index (κ1) is 12.3. The van der Waals surface area contributed by atoms with Crippen molar-refractivity contribution >= 4 is 61.0 Å². The lowest BCUT2D eigenvalue weighted by molar-refractivity contribution is 0.745. The number of H-pyrrole nitrogens is 1. The fourth-order valence-corrected chi connectivity index (χ4v) is 4.28. The summed E-state index contributed by atoms with van der Waals surface area (Å²) in [4.78, 5) is 17.3. The summed E-state index contributed by atoms with van der Waals surface area (Å²) in [6, 6.07) is 5.79. The van der Waals surface area contributed by atoms with E-state index in [4.69, 9.17) is 12.2 Å². The molecule has 7 heteroatoms. The first-order valence-electron chi connectivity index (χ1n) is 5.09. The van der Waals surface area contributed by atoms with E-state index in [1.54, 1.807) is 15.9 Å². The Balaban J connectivity index is 2.17. The lowest BCUT2D eigenvalue weighted by atomic mass is 10.4. The standard InChI is InChI=1S/C11H7BrN2OS3/c12-8-2-1-6(18-8)5-14-10(15)7-3-4-17-9(7)13-11(14)16/h1-4H,5H2,(H,13,16). The molecule has 3 heterocycles. The smallest absolute Gasteiger partial charge is 0.263 e. The largest absolute Gasteiger partial charge is 0.323 e. The normalized spacial score (nSPS) is 11.2. The monoisotopic (exact) mass is 358 g/mol. The fraction of sp³-hybridized carbons (Fsp3) is 0.0909. The molecule has 0 amide bonds. The Kier molecular flexibility index (Phi) is 3.23. The van der Waals surface area contributed by atoms with Gasteiger partial charge in [0, 0.05) is 4.88 Å². The van der Waals surface area contributed by atoms with Gasteiger partial charge >= 0.3 is 0 Å². The van der Waals surface area contributed by atoms with Gasteiger partial charge in [-0.2, -0.15) is 0 Å². The van der Waals surface area contributed by atoms with Crippen molar-refractivity contribution in [3.8, 4) is 0 Å². The number of aromatic amines is 1. The summed E-state index contributed by atoms with van der Waals surface area (Å²) >= 11 is 11.8. The molecule has 0 saturated heterocycles. The number of hydrogen-bond donors (Lipinski definition) is 1. The Morgan fingerprint density at radius 3 is 2.94 bits per heavy atom. The van der Waals surface area contributed by atoms with Crippen molar-refractivity contribution in [2.24, 2.45) is 0 Å². The highest BCUT2D eigenvalue weighted by Crippen LogP contribution is 2.23. The zero-order valence-electron chi connectivity index (χ0n) is 8.97. The molecule has 18 heavy (non-hydrogen) atoms. The van der Waals surface area contributed by atoms with Crippen LogP contribution in [-0.2, 0) is 6.54 Å². The lowest BCUT2D eigenvalue weighted by Crippen LogP contribution is -2.21. The van der Waals surface area contributed by atoms with Crippen molar-refractivity contribution in [2.75, 3.05) is 0 Å². The average Bonchev–Trinajstić information content (AvgIpc) is 2.93. The van der Waals surface area contributed by atoms with Crippen LogP contribution in [0.3, 0.4) is 0 Å². The minimum Gasteiger partial charge on any atom is -0.323 e. The van der Waals surface area contributed by atoms with Crippen LogP contribution < -0.4 is 5.56 Å². The average molecular weight is 359 g/mol. The molecule has 0 saturated carbocycles. The van der Waals surface area contributed by atoms with E-state index < -0.39 is 0 Å². The Morgan fingerprint density at radius 2 is 2.22 bits per heavy atom. The van der Waals surface area contributed by atoms with E-state index in [-0.39, 0.29) is 5.56 Å². The van der Waals surface area contributed by atoms with Gasteiger partial charge in [-0.15, -0.1) is 22.7 Å². The van der Waals surface area contributed by atoms with Crippen LogP contribution >= 0.6 is 50.8 Å². The molecule has 0 aliphatic heterocycles. The Labute approximate surface area is 124 Å². The number of aromatic nitrogens is 2. The summed E-state index contributed by atoms with van der Waals surface area (Å²) < 4.78 is 3.12. The molecule has 0 spiro atoms. The van der Waals surface area contributed by atoms with E-state index in [2.05, 4.69) is 20.9 Å². The maximum atomic E-state index is 12.3. The van der Waals surface area contributed by atoms with Crippen LogP contribution in [-0.4, -0.2) is 9.55 Å². The van der Waals surface area contributed by atoms with Crippen molar-refractivity contribution < 1.29 is 0 Å². The van der Waals surface area contributed by atoms with Crippen molar-refractivity contribution in [2.45, 2.75) is 6.54 Å². The van der Waals surface area contributed by atoms with Crippen molar-refractivity contribution in [1.29, 1.82) is 0 Å². The predicted octanol–water partition coefficient (Wildman–Crippen LogP) is 3.99. The van der Waals surface area contributed by atoms with Gasteiger partial charge in [0.15, 0.2) is 4.77 Å². The molecule has 0 aliphatic carbocycles. The number of hydrogen-bond acceptors (Lipinski definition) is 4. The van der Waals surface area contributed by atoms with Gasteiger partial charge in [-0.1, -0.05) is 0 Å². The fourth-order valence-electron chi connectivity index (χ4n) is 1.71. The molecule has 0 aliphatic rings. The van der Waals surface area contributed by atoms with E-state index in [9.17, 15) is 4.79 Å². The summed E-state index contributed by atoms with van der Waals surface area (Å²) in [5.74, 6) is 0. The molecule has 0 unspecified atom stereocenters. The number of nitrogens with one attached hydrogen (secondary N) is 1. The summed E-state index contributed by atoms with van der Waals surface area (Å²) in [6.45, 7) is 0.510. The molecule has 0 bridgehead atoms. The summed E-state index contributed by atoms with van der Waals surface area (Å²) in [5.41, 5.74) is -0.0282. The number of nitrogens with zero attached hydrogens (tertiary/aromatic N) is 1. The lowest BCUT2D eigenvalue weighted by Gasteiger charge is -2.04. The first-order chi connectivity index (χ1) is 8.65. The highest BCUT2D eigenvalue weighted by molar-refractivity contribution is 9.11. The third kappa shape index (κ3) is 2.11. The second-order valence-electron chi connectivity index (χ2n) is 3.69. The van der Waals surface area contributed by atoms with E-state index >= 15 is 0 Å². The molecule has 3 rings (SSSR count). The second kappa shape index (κ2) is 4.73. The van der Waals surface area contributed by atoms with Crippen LogP contribution in [0, 0.1) is 4.77 Å². The zero-order valence-corrected chi connectivity index (χ0v) is 13.0. The summed E-state index contributed by atoms with van der Waals surface area (Å²) in [6.07, 6.45) is 0. The van der Waals surface area contributed by atoms with Gasteiger partial charge in [0.05, 0.1) is 15.7 Å². The Hall–Kier alpha value is -0.760. The first-order valence-corrected chi connectivity index (χ1v) is 7.99. The van der Waals surface area contributed by atoms with E-state index in [0.717, 1.165) is 13.5 Å². The highest BCUT2D eigenvalue weighted by atomic mass is 79.9. The molecule has 92 valence electrons. The number of fused-ring (bicyclic) bond motifs is 1. The Morgan fingerprint density at radius 1 is 1.39 bits per heavy atom. The molecule has 0 radical (unpaired) electrons. The van der Waals surface area contributed by atoms with Crippen LogP contribution in [0.1, 0.15) is 4.88 Å². The number of rotatable bonds is 2. The van der Waals surface area contributed by atoms with Crippen molar-refractivity contribution in [3.05, 3.63) is 47.4 Å². The molecule has 3 nitrogen and oxygen atoms in total. The van der Waals surface area contributed by atoms with E-state index in [1.807, 2.05) is 23.6 Å². The van der Waals surface area contributed by atoms with Crippen LogP contribution in [0.5, 0.6) is 0 Å². The van der Waals surface area contributed by atoms with Gasteiger partial charge in [0.25, 0.3) is 5.56 Å². The maximum absolute atomic E-state index is 12.3. The molecule has 3 aromatic rings. The van der Waals surface area contributed by atoms with Gasteiger partial charge in [0.2, 0.25) is 0 Å². The van der Waals surface area contributed by atoms with Gasteiger partial charge in [0.1, 0.15) is 4.83 Å². The molecular weight excluding hydrogens is 352 g/mol. The molecular formula is C11H7BrN2OS3. The van der Waals surface area contributed by atoms with Crippen LogP contribution in [0.15, 0.2) is 32.2 Å². The van der Waals surface area contributed by atoms with Crippen LogP contribution in [0.25, 0.3) is 10.2 Å². The van der Waals surface area contributed by atoms with Gasteiger partial charge in [-0.25, -0.2) is 0 Å². The summed E-state index contributed by atoms with van der Waals surface area (Å²) in [5, 5.41) is 2.59. The number of thiophene rings is 2. The quantitative estimate of drug-likeness (QED) is 0.703. The van der Waals surface area contributed by atoms with Crippen molar-refractivity contribution in [3.63, 3.8) is 0 Å². The molecule has 3 aromatic heterocycles. The molecule has 1 N–H and O–H groups in total. The third-order valence-electron chi connectivity index (χ3n) is 2.55. The van der Waals surface area contributed by atoms with E-state index in [1.165, 1.54) is 11.3 Å². The molecule has 0 fully saturated rings.